The van der Waals surface area contributed by atoms with Gasteiger partial charge in [0.25, 0.3) is 5.91 Å². The second-order valence-corrected chi connectivity index (χ2v) is 7.74. The summed E-state index contributed by atoms with van der Waals surface area (Å²) in [4.78, 5) is 15.0. The minimum absolute atomic E-state index is 0.0595. The van der Waals surface area contributed by atoms with Crippen LogP contribution in [-0.2, 0) is 13.1 Å². The number of methoxy groups -OCH3 is 1. The molecule has 8 heteroatoms. The molecule has 0 atom stereocenters. The third kappa shape index (κ3) is 3.73. The van der Waals surface area contributed by atoms with Gasteiger partial charge in [-0.25, -0.2) is 9.07 Å². The highest BCUT2D eigenvalue weighted by Crippen LogP contribution is 2.36. The molecule has 0 radical (unpaired) electrons. The second kappa shape index (κ2) is 8.71. The molecule has 5 rings (SSSR count). The first-order valence-corrected chi connectivity index (χ1v) is 10.5. The number of fused-ring (bicyclic) bond motifs is 1. The SMILES string of the molecule is COc1cc(CN2Cc3cccc(Oc4c(F)cccc4C#N)c3C2=O)ccc1-n1cccn1. The normalized spacial score (nSPS) is 12.4. The zero-order valence-electron chi connectivity index (χ0n) is 18.2. The molecule has 1 aromatic heterocycles. The van der Waals surface area contributed by atoms with Crippen molar-refractivity contribution in [3.05, 3.63) is 101 Å². The van der Waals surface area contributed by atoms with Crippen molar-refractivity contribution < 1.29 is 18.7 Å². The molecule has 0 saturated heterocycles. The number of ether oxygens (including phenoxy) is 2. The molecule has 4 aromatic rings. The van der Waals surface area contributed by atoms with E-state index in [4.69, 9.17) is 9.47 Å². The molecular formula is C26H19FN4O3. The van der Waals surface area contributed by atoms with E-state index in [1.165, 1.54) is 18.2 Å². The predicted molar refractivity (Wildman–Crippen MR) is 121 cm³/mol. The molecule has 0 spiro atoms. The molecule has 1 amide bonds. The van der Waals surface area contributed by atoms with E-state index in [0.717, 1.165) is 16.8 Å². The molecule has 0 unspecified atom stereocenters. The number of hydrogen-bond donors (Lipinski definition) is 0. The summed E-state index contributed by atoms with van der Waals surface area (Å²) >= 11 is 0. The molecular weight excluding hydrogens is 435 g/mol. The Bertz CT molecular complexity index is 1430. The van der Waals surface area contributed by atoms with Crippen LogP contribution in [0.3, 0.4) is 0 Å². The number of rotatable bonds is 6. The smallest absolute Gasteiger partial charge is 0.258 e. The number of amides is 1. The van der Waals surface area contributed by atoms with Crippen molar-refractivity contribution in [2.75, 3.05) is 7.11 Å². The summed E-state index contributed by atoms with van der Waals surface area (Å²) in [5, 5.41) is 13.5. The second-order valence-electron chi connectivity index (χ2n) is 7.74. The summed E-state index contributed by atoms with van der Waals surface area (Å²) in [6, 6.07) is 18.8. The Kier molecular flexibility index (Phi) is 5.44. The van der Waals surface area contributed by atoms with E-state index in [0.29, 0.717) is 24.4 Å². The quantitative estimate of drug-likeness (QED) is 0.417. The maximum absolute atomic E-state index is 14.4. The summed E-state index contributed by atoms with van der Waals surface area (Å²) in [7, 11) is 1.59. The maximum Gasteiger partial charge on any atom is 0.258 e. The number of halogens is 1. The van der Waals surface area contributed by atoms with Crippen LogP contribution in [0.1, 0.15) is 27.0 Å². The first-order valence-electron chi connectivity index (χ1n) is 10.5. The Balaban J connectivity index is 1.41. The van der Waals surface area contributed by atoms with Gasteiger partial charge in [0.2, 0.25) is 0 Å². The van der Waals surface area contributed by atoms with E-state index < -0.39 is 5.82 Å². The number of nitrogens with zero attached hydrogens (tertiary/aromatic N) is 4. The number of hydrogen-bond acceptors (Lipinski definition) is 5. The largest absolute Gasteiger partial charge is 0.494 e. The number of carbonyl (C=O) groups is 1. The third-order valence-electron chi connectivity index (χ3n) is 5.64. The zero-order chi connectivity index (χ0) is 23.7. The van der Waals surface area contributed by atoms with Crippen LogP contribution in [0, 0.1) is 17.1 Å². The van der Waals surface area contributed by atoms with Crippen molar-refractivity contribution in [2.24, 2.45) is 0 Å². The summed E-state index contributed by atoms with van der Waals surface area (Å²) in [5.41, 5.74) is 2.88. The Hall–Kier alpha value is -4.64. The lowest BCUT2D eigenvalue weighted by atomic mass is 10.1. The van der Waals surface area contributed by atoms with Gasteiger partial charge in [0, 0.05) is 25.5 Å². The lowest BCUT2D eigenvalue weighted by Gasteiger charge is -2.17. The van der Waals surface area contributed by atoms with Crippen LogP contribution < -0.4 is 9.47 Å². The molecule has 0 saturated carbocycles. The monoisotopic (exact) mass is 454 g/mol. The molecule has 0 fully saturated rings. The summed E-state index contributed by atoms with van der Waals surface area (Å²) in [6.07, 6.45) is 3.51. The minimum Gasteiger partial charge on any atom is -0.494 e. The average Bonchev–Trinajstić information content (AvgIpc) is 3.49. The molecule has 7 nitrogen and oxygen atoms in total. The van der Waals surface area contributed by atoms with Gasteiger partial charge < -0.3 is 14.4 Å². The standard InChI is InChI=1S/C26H19FN4O3/c1-33-23-13-17(9-10-21(23)31-12-4-11-29-31)15-30-16-19-6-3-8-22(24(19)26(30)32)34-25-18(14-28)5-2-7-20(25)27/h2-13H,15-16H2,1H3. The van der Waals surface area contributed by atoms with E-state index in [1.54, 1.807) is 35.0 Å². The van der Waals surface area contributed by atoms with Crippen LogP contribution in [0.15, 0.2) is 73.1 Å². The van der Waals surface area contributed by atoms with Gasteiger partial charge in [0.1, 0.15) is 23.3 Å². The highest BCUT2D eigenvalue weighted by atomic mass is 19.1. The van der Waals surface area contributed by atoms with E-state index >= 15 is 0 Å². The van der Waals surface area contributed by atoms with E-state index in [2.05, 4.69) is 5.10 Å². The maximum atomic E-state index is 14.4. The van der Waals surface area contributed by atoms with Gasteiger partial charge in [-0.3, -0.25) is 4.79 Å². The zero-order valence-corrected chi connectivity index (χ0v) is 18.2. The number of para-hydroxylation sites is 1. The third-order valence-corrected chi connectivity index (χ3v) is 5.64. The van der Waals surface area contributed by atoms with Crippen LogP contribution >= 0.6 is 0 Å². The number of aromatic nitrogens is 2. The Morgan fingerprint density at radius 1 is 1.12 bits per heavy atom. The van der Waals surface area contributed by atoms with Crippen molar-refractivity contribution in [1.82, 2.24) is 14.7 Å². The van der Waals surface area contributed by atoms with Crippen molar-refractivity contribution in [2.45, 2.75) is 13.1 Å². The molecule has 2 heterocycles. The fraction of sp³-hybridized carbons (Fsp3) is 0.115. The van der Waals surface area contributed by atoms with Crippen LogP contribution in [0.2, 0.25) is 0 Å². The Morgan fingerprint density at radius 2 is 1.97 bits per heavy atom. The molecule has 1 aliphatic heterocycles. The van der Waals surface area contributed by atoms with Crippen LogP contribution in [0.4, 0.5) is 4.39 Å². The fourth-order valence-corrected chi connectivity index (χ4v) is 4.05. The van der Waals surface area contributed by atoms with Crippen molar-refractivity contribution in [3.8, 4) is 29.0 Å². The van der Waals surface area contributed by atoms with Gasteiger partial charge in [-0.2, -0.15) is 10.4 Å². The molecule has 0 bridgehead atoms. The van der Waals surface area contributed by atoms with Gasteiger partial charge in [-0.1, -0.05) is 24.3 Å². The highest BCUT2D eigenvalue weighted by molar-refractivity contribution is 6.01. The molecule has 168 valence electrons. The highest BCUT2D eigenvalue weighted by Gasteiger charge is 2.31. The molecule has 3 aromatic carbocycles. The molecule has 0 N–H and O–H groups in total. The first-order chi connectivity index (χ1) is 16.6. The molecule has 0 aliphatic carbocycles. The lowest BCUT2D eigenvalue weighted by molar-refractivity contribution is 0.0764. The fourth-order valence-electron chi connectivity index (χ4n) is 4.05. The van der Waals surface area contributed by atoms with E-state index in [9.17, 15) is 14.4 Å². The van der Waals surface area contributed by atoms with Crippen molar-refractivity contribution >= 4 is 5.91 Å². The van der Waals surface area contributed by atoms with Crippen LogP contribution in [-0.4, -0.2) is 27.7 Å². The van der Waals surface area contributed by atoms with Gasteiger partial charge in [-0.05, 0) is 47.5 Å². The van der Waals surface area contributed by atoms with Crippen LogP contribution in [0.25, 0.3) is 5.69 Å². The van der Waals surface area contributed by atoms with Gasteiger partial charge >= 0.3 is 0 Å². The predicted octanol–water partition coefficient (Wildman–Crippen LogP) is 4.84. The van der Waals surface area contributed by atoms with Gasteiger partial charge in [-0.15, -0.1) is 0 Å². The van der Waals surface area contributed by atoms with Crippen molar-refractivity contribution in [1.29, 1.82) is 5.26 Å². The summed E-state index contributed by atoms with van der Waals surface area (Å²) < 4.78 is 27.4. The molecule has 1 aliphatic rings. The minimum atomic E-state index is -0.664. The van der Waals surface area contributed by atoms with E-state index in [1.807, 2.05) is 42.6 Å². The number of benzene rings is 3. The Morgan fingerprint density at radius 3 is 2.74 bits per heavy atom. The van der Waals surface area contributed by atoms with Gasteiger partial charge in [0.15, 0.2) is 11.6 Å². The van der Waals surface area contributed by atoms with E-state index in [-0.39, 0.29) is 23.0 Å². The number of carbonyl (C=O) groups excluding carboxylic acids is 1. The van der Waals surface area contributed by atoms with Crippen molar-refractivity contribution in [3.63, 3.8) is 0 Å². The number of nitriles is 1. The van der Waals surface area contributed by atoms with Crippen LogP contribution in [0.5, 0.6) is 17.2 Å². The first kappa shape index (κ1) is 21.2. The van der Waals surface area contributed by atoms with Gasteiger partial charge in [0.05, 0.1) is 18.2 Å². The topological polar surface area (TPSA) is 80.4 Å². The summed E-state index contributed by atoms with van der Waals surface area (Å²) in [6.45, 7) is 0.739. The molecule has 34 heavy (non-hydrogen) atoms. The Labute approximate surface area is 195 Å². The average molecular weight is 454 g/mol. The lowest BCUT2D eigenvalue weighted by Crippen LogP contribution is -2.23. The summed E-state index contributed by atoms with van der Waals surface area (Å²) in [5.74, 6) is -0.223.